The van der Waals surface area contributed by atoms with E-state index in [2.05, 4.69) is 5.32 Å². The minimum Gasteiger partial charge on any atom is -0.331 e. The SMILES string of the molecule is C[C@H](NC(=O)N(C(=O)C1=CCCCC1)[C@@H](C)c1ccccc1)c1ccccc1. The lowest BCUT2D eigenvalue weighted by atomic mass is 9.97. The van der Waals surface area contributed by atoms with Crippen LogP contribution in [0, 0.1) is 0 Å². The highest BCUT2D eigenvalue weighted by Gasteiger charge is 2.31. The van der Waals surface area contributed by atoms with Gasteiger partial charge >= 0.3 is 6.03 Å². The largest absolute Gasteiger partial charge is 0.331 e. The molecule has 2 aromatic rings. The molecular weight excluding hydrogens is 348 g/mol. The summed E-state index contributed by atoms with van der Waals surface area (Å²) in [5.41, 5.74) is 2.69. The average Bonchev–Trinajstić information content (AvgIpc) is 2.75. The van der Waals surface area contributed by atoms with Crippen LogP contribution in [-0.4, -0.2) is 16.8 Å². The fourth-order valence-corrected chi connectivity index (χ4v) is 3.59. The third-order valence-electron chi connectivity index (χ3n) is 5.31. The van der Waals surface area contributed by atoms with Gasteiger partial charge in [-0.15, -0.1) is 0 Å². The van der Waals surface area contributed by atoms with Crippen molar-refractivity contribution >= 4 is 11.9 Å². The summed E-state index contributed by atoms with van der Waals surface area (Å²) in [5.74, 6) is -0.186. The molecule has 4 heteroatoms. The van der Waals surface area contributed by atoms with Crippen LogP contribution >= 0.6 is 0 Å². The molecule has 0 unspecified atom stereocenters. The summed E-state index contributed by atoms with van der Waals surface area (Å²) in [5, 5.41) is 3.01. The molecule has 0 aliphatic heterocycles. The third-order valence-corrected chi connectivity index (χ3v) is 5.31. The van der Waals surface area contributed by atoms with Crippen molar-refractivity contribution in [2.24, 2.45) is 0 Å². The van der Waals surface area contributed by atoms with Gasteiger partial charge < -0.3 is 5.32 Å². The monoisotopic (exact) mass is 376 g/mol. The lowest BCUT2D eigenvalue weighted by Crippen LogP contribution is -2.46. The van der Waals surface area contributed by atoms with E-state index in [1.807, 2.05) is 80.6 Å². The molecule has 28 heavy (non-hydrogen) atoms. The summed E-state index contributed by atoms with van der Waals surface area (Å²) >= 11 is 0. The lowest BCUT2D eigenvalue weighted by molar-refractivity contribution is -0.126. The maximum absolute atomic E-state index is 13.3. The van der Waals surface area contributed by atoms with Crippen LogP contribution < -0.4 is 5.32 Å². The normalized spacial score (nSPS) is 15.9. The number of urea groups is 1. The Morgan fingerprint density at radius 3 is 2.07 bits per heavy atom. The molecule has 1 aliphatic rings. The van der Waals surface area contributed by atoms with E-state index in [-0.39, 0.29) is 24.0 Å². The van der Waals surface area contributed by atoms with Crippen LogP contribution in [0.25, 0.3) is 0 Å². The van der Waals surface area contributed by atoms with Gasteiger partial charge in [-0.2, -0.15) is 0 Å². The molecule has 0 fully saturated rings. The number of allylic oxidation sites excluding steroid dienone is 1. The maximum Gasteiger partial charge on any atom is 0.325 e. The Morgan fingerprint density at radius 2 is 1.50 bits per heavy atom. The zero-order valence-electron chi connectivity index (χ0n) is 16.6. The highest BCUT2D eigenvalue weighted by atomic mass is 16.2. The second-order valence-electron chi connectivity index (χ2n) is 7.32. The quantitative estimate of drug-likeness (QED) is 0.744. The first-order valence-corrected chi connectivity index (χ1v) is 10.0. The van der Waals surface area contributed by atoms with Gasteiger partial charge in [0.25, 0.3) is 5.91 Å². The van der Waals surface area contributed by atoms with E-state index in [4.69, 9.17) is 0 Å². The highest BCUT2D eigenvalue weighted by molar-refractivity contribution is 6.04. The minimum absolute atomic E-state index is 0.186. The van der Waals surface area contributed by atoms with E-state index in [0.29, 0.717) is 0 Å². The Bertz CT molecular complexity index is 830. The van der Waals surface area contributed by atoms with E-state index in [1.165, 1.54) is 4.90 Å². The average molecular weight is 376 g/mol. The second kappa shape index (κ2) is 9.36. The number of rotatable bonds is 5. The maximum atomic E-state index is 13.3. The number of hydrogen-bond acceptors (Lipinski definition) is 2. The van der Waals surface area contributed by atoms with Crippen molar-refractivity contribution in [3.8, 4) is 0 Å². The smallest absolute Gasteiger partial charge is 0.325 e. The molecule has 2 aromatic carbocycles. The topological polar surface area (TPSA) is 49.4 Å². The van der Waals surface area contributed by atoms with E-state index in [9.17, 15) is 9.59 Å². The van der Waals surface area contributed by atoms with Gasteiger partial charge in [0.05, 0.1) is 12.1 Å². The highest BCUT2D eigenvalue weighted by Crippen LogP contribution is 2.26. The van der Waals surface area contributed by atoms with Crippen molar-refractivity contribution in [3.63, 3.8) is 0 Å². The second-order valence-corrected chi connectivity index (χ2v) is 7.32. The molecule has 0 aromatic heterocycles. The molecule has 3 amide bonds. The number of imide groups is 1. The molecule has 3 rings (SSSR count). The van der Waals surface area contributed by atoms with Gasteiger partial charge in [0, 0.05) is 5.57 Å². The zero-order chi connectivity index (χ0) is 19.9. The summed E-state index contributed by atoms with van der Waals surface area (Å²) in [4.78, 5) is 27.8. The van der Waals surface area contributed by atoms with Crippen LogP contribution in [0.3, 0.4) is 0 Å². The fourth-order valence-electron chi connectivity index (χ4n) is 3.59. The summed E-state index contributed by atoms with van der Waals surface area (Å²) in [6.07, 6.45) is 5.72. The predicted molar refractivity (Wildman–Crippen MR) is 112 cm³/mol. The van der Waals surface area contributed by atoms with Crippen LogP contribution in [-0.2, 0) is 4.79 Å². The summed E-state index contributed by atoms with van der Waals surface area (Å²) in [7, 11) is 0. The number of nitrogens with zero attached hydrogens (tertiary/aromatic N) is 1. The molecule has 0 radical (unpaired) electrons. The van der Waals surface area contributed by atoms with E-state index < -0.39 is 0 Å². The van der Waals surface area contributed by atoms with Crippen molar-refractivity contribution in [3.05, 3.63) is 83.4 Å². The Hall–Kier alpha value is -2.88. The van der Waals surface area contributed by atoms with Crippen LogP contribution in [0.4, 0.5) is 4.79 Å². The van der Waals surface area contributed by atoms with Crippen LogP contribution in [0.15, 0.2) is 72.3 Å². The van der Waals surface area contributed by atoms with Crippen molar-refractivity contribution in [2.45, 2.75) is 51.6 Å². The Kier molecular flexibility index (Phi) is 6.64. The van der Waals surface area contributed by atoms with E-state index in [0.717, 1.165) is 42.4 Å². The molecular formula is C24H28N2O2. The number of amides is 3. The molecule has 0 saturated carbocycles. The Morgan fingerprint density at radius 1 is 0.893 bits per heavy atom. The van der Waals surface area contributed by atoms with Gasteiger partial charge in [-0.25, -0.2) is 4.79 Å². The first-order chi connectivity index (χ1) is 13.6. The fraction of sp³-hybridized carbons (Fsp3) is 0.333. The molecule has 0 bridgehead atoms. The molecule has 4 nitrogen and oxygen atoms in total. The molecule has 0 heterocycles. The Balaban J connectivity index is 1.85. The first-order valence-electron chi connectivity index (χ1n) is 10.0. The third kappa shape index (κ3) is 4.69. The standard InChI is InChI=1S/C24H28N2O2/c1-18(20-12-6-3-7-13-20)25-24(28)26(19(2)21-14-8-4-9-15-21)23(27)22-16-10-5-11-17-22/h3-4,6-9,12-16,18-19H,5,10-11,17H2,1-2H3,(H,25,28)/t18-,19-/m0/s1. The first kappa shape index (κ1) is 19.9. The van der Waals surface area contributed by atoms with E-state index >= 15 is 0 Å². The molecule has 146 valence electrons. The number of hydrogen-bond donors (Lipinski definition) is 1. The molecule has 0 saturated heterocycles. The van der Waals surface area contributed by atoms with Crippen LogP contribution in [0.5, 0.6) is 0 Å². The van der Waals surface area contributed by atoms with Gasteiger partial charge in [0.15, 0.2) is 0 Å². The Labute approximate surface area is 167 Å². The molecule has 2 atom stereocenters. The summed E-state index contributed by atoms with van der Waals surface area (Å²) in [6.45, 7) is 3.84. The molecule has 1 N–H and O–H groups in total. The van der Waals surface area contributed by atoms with Crippen molar-refractivity contribution in [1.82, 2.24) is 10.2 Å². The summed E-state index contributed by atoms with van der Waals surface area (Å²) < 4.78 is 0. The van der Waals surface area contributed by atoms with Gasteiger partial charge in [0.1, 0.15) is 0 Å². The number of benzene rings is 2. The minimum atomic E-state index is -0.357. The van der Waals surface area contributed by atoms with Gasteiger partial charge in [-0.05, 0) is 50.7 Å². The lowest BCUT2D eigenvalue weighted by Gasteiger charge is -2.31. The predicted octanol–water partition coefficient (Wildman–Crippen LogP) is 5.55. The van der Waals surface area contributed by atoms with E-state index in [1.54, 1.807) is 0 Å². The summed E-state index contributed by atoms with van der Waals surface area (Å²) in [6, 6.07) is 18.6. The van der Waals surface area contributed by atoms with Gasteiger partial charge in [-0.1, -0.05) is 66.7 Å². The van der Waals surface area contributed by atoms with Gasteiger partial charge in [0.2, 0.25) is 0 Å². The van der Waals surface area contributed by atoms with Gasteiger partial charge in [-0.3, -0.25) is 9.69 Å². The number of nitrogens with one attached hydrogen (secondary N) is 1. The van der Waals surface area contributed by atoms with Crippen LogP contribution in [0.2, 0.25) is 0 Å². The number of carbonyl (C=O) groups is 2. The van der Waals surface area contributed by atoms with Crippen LogP contribution in [0.1, 0.15) is 62.7 Å². The molecule has 1 aliphatic carbocycles. The zero-order valence-corrected chi connectivity index (χ0v) is 16.6. The van der Waals surface area contributed by atoms with Crippen molar-refractivity contribution < 1.29 is 9.59 Å². The molecule has 0 spiro atoms. The number of carbonyl (C=O) groups excluding carboxylic acids is 2. The van der Waals surface area contributed by atoms with Crippen molar-refractivity contribution in [2.75, 3.05) is 0 Å². The van der Waals surface area contributed by atoms with Crippen molar-refractivity contribution in [1.29, 1.82) is 0 Å².